The Balaban J connectivity index is 2.15. The highest BCUT2D eigenvalue weighted by Crippen LogP contribution is 2.19. The van der Waals surface area contributed by atoms with E-state index in [9.17, 15) is 14.4 Å². The maximum absolute atomic E-state index is 12.4. The highest BCUT2D eigenvalue weighted by molar-refractivity contribution is 7.81. The molecular formula is C17H23N5O3S. The number of rotatable bonds is 6. The summed E-state index contributed by atoms with van der Waals surface area (Å²) in [5.74, 6) is 0.286. The molecule has 0 aliphatic rings. The van der Waals surface area contributed by atoms with Crippen molar-refractivity contribution in [3.05, 3.63) is 50.7 Å². The first-order valence-corrected chi connectivity index (χ1v) is 8.54. The van der Waals surface area contributed by atoms with Crippen molar-refractivity contribution in [2.45, 2.75) is 19.8 Å². The van der Waals surface area contributed by atoms with Crippen LogP contribution in [0.15, 0.2) is 33.9 Å². The fraction of sp³-hybridized carbons (Fsp3) is 0.353. The summed E-state index contributed by atoms with van der Waals surface area (Å²) in [5.41, 5.74) is 0.879. The summed E-state index contributed by atoms with van der Waals surface area (Å²) in [6.45, 7) is 4.09. The van der Waals surface area contributed by atoms with Crippen LogP contribution in [0.5, 0.6) is 0 Å². The molecule has 0 saturated heterocycles. The second kappa shape index (κ2) is 8.13. The SMILES string of the molecule is CC(C)c1ccc(N(C)C(=O)CNc2c(NS)[nH]c(=O)n(C)c2=O)cc1. The number of aromatic nitrogens is 2. The zero-order valence-electron chi connectivity index (χ0n) is 15.2. The monoisotopic (exact) mass is 377 g/mol. The molecule has 9 heteroatoms. The van der Waals surface area contributed by atoms with Crippen molar-refractivity contribution in [2.24, 2.45) is 7.05 Å². The Morgan fingerprint density at radius 2 is 1.88 bits per heavy atom. The van der Waals surface area contributed by atoms with Gasteiger partial charge < -0.3 is 14.9 Å². The lowest BCUT2D eigenvalue weighted by Crippen LogP contribution is -2.37. The van der Waals surface area contributed by atoms with Crippen molar-refractivity contribution in [1.82, 2.24) is 9.55 Å². The van der Waals surface area contributed by atoms with Gasteiger partial charge in [-0.3, -0.25) is 19.1 Å². The Morgan fingerprint density at radius 3 is 2.42 bits per heavy atom. The predicted octanol–water partition coefficient (Wildman–Crippen LogP) is 1.53. The van der Waals surface area contributed by atoms with Crippen LogP contribution >= 0.6 is 12.8 Å². The quantitative estimate of drug-likeness (QED) is 0.572. The lowest BCUT2D eigenvalue weighted by molar-refractivity contribution is -0.116. The molecular weight excluding hydrogens is 354 g/mol. The first kappa shape index (κ1) is 19.6. The van der Waals surface area contributed by atoms with Crippen molar-refractivity contribution in [3.63, 3.8) is 0 Å². The number of aromatic amines is 1. The molecule has 0 atom stereocenters. The maximum atomic E-state index is 12.4. The van der Waals surface area contributed by atoms with E-state index in [1.54, 1.807) is 7.05 Å². The number of hydrogen-bond acceptors (Lipinski definition) is 6. The van der Waals surface area contributed by atoms with Crippen LogP contribution in [0, 0.1) is 0 Å². The average molecular weight is 377 g/mol. The molecule has 1 heterocycles. The van der Waals surface area contributed by atoms with E-state index in [1.807, 2.05) is 24.3 Å². The number of H-pyrrole nitrogens is 1. The number of amides is 1. The second-order valence-electron chi connectivity index (χ2n) is 6.21. The fourth-order valence-electron chi connectivity index (χ4n) is 2.38. The zero-order valence-corrected chi connectivity index (χ0v) is 16.1. The summed E-state index contributed by atoms with van der Waals surface area (Å²) >= 11 is 3.87. The minimum absolute atomic E-state index is 0.0685. The van der Waals surface area contributed by atoms with E-state index in [0.29, 0.717) is 5.92 Å². The number of thiol groups is 1. The van der Waals surface area contributed by atoms with Crippen LogP contribution in [0.2, 0.25) is 0 Å². The number of likely N-dealkylation sites (N-methyl/N-ethyl adjacent to an activating group) is 1. The maximum Gasteiger partial charge on any atom is 0.329 e. The van der Waals surface area contributed by atoms with E-state index in [1.165, 1.54) is 17.5 Å². The molecule has 26 heavy (non-hydrogen) atoms. The number of nitrogens with one attached hydrogen (secondary N) is 3. The van der Waals surface area contributed by atoms with E-state index in [-0.39, 0.29) is 24.0 Å². The van der Waals surface area contributed by atoms with Gasteiger partial charge in [0.25, 0.3) is 5.56 Å². The van der Waals surface area contributed by atoms with E-state index >= 15 is 0 Å². The second-order valence-corrected chi connectivity index (χ2v) is 6.43. The minimum atomic E-state index is -0.578. The molecule has 0 radical (unpaired) electrons. The summed E-state index contributed by atoms with van der Waals surface area (Å²) in [4.78, 5) is 40.2. The zero-order chi connectivity index (χ0) is 19.4. The predicted molar refractivity (Wildman–Crippen MR) is 107 cm³/mol. The lowest BCUT2D eigenvalue weighted by Gasteiger charge is -2.19. The van der Waals surface area contributed by atoms with Gasteiger partial charge in [-0.25, -0.2) is 4.79 Å². The Kier molecular flexibility index (Phi) is 6.14. The van der Waals surface area contributed by atoms with Gasteiger partial charge in [0.05, 0.1) is 6.54 Å². The molecule has 1 aromatic heterocycles. The van der Waals surface area contributed by atoms with Gasteiger partial charge in [-0.15, -0.1) is 0 Å². The first-order chi connectivity index (χ1) is 12.3. The summed E-state index contributed by atoms with van der Waals surface area (Å²) in [6, 6.07) is 7.73. The Bertz CT molecular complexity index is 902. The van der Waals surface area contributed by atoms with Gasteiger partial charge in [0.2, 0.25) is 5.91 Å². The van der Waals surface area contributed by atoms with E-state index < -0.39 is 11.2 Å². The molecule has 2 rings (SSSR count). The van der Waals surface area contributed by atoms with Crippen LogP contribution in [-0.4, -0.2) is 29.1 Å². The van der Waals surface area contributed by atoms with E-state index in [4.69, 9.17) is 0 Å². The van der Waals surface area contributed by atoms with Crippen LogP contribution in [-0.2, 0) is 11.8 Å². The van der Waals surface area contributed by atoms with Crippen molar-refractivity contribution in [1.29, 1.82) is 0 Å². The van der Waals surface area contributed by atoms with Crippen LogP contribution in [0.1, 0.15) is 25.3 Å². The van der Waals surface area contributed by atoms with Gasteiger partial charge in [-0.1, -0.05) is 38.8 Å². The Morgan fingerprint density at radius 1 is 1.27 bits per heavy atom. The highest BCUT2D eigenvalue weighted by atomic mass is 32.1. The molecule has 0 unspecified atom stereocenters. The van der Waals surface area contributed by atoms with E-state index in [2.05, 4.69) is 41.7 Å². The third-order valence-electron chi connectivity index (χ3n) is 4.15. The third kappa shape index (κ3) is 4.10. The normalized spacial score (nSPS) is 10.7. The molecule has 1 aromatic carbocycles. The molecule has 3 N–H and O–H groups in total. The lowest BCUT2D eigenvalue weighted by atomic mass is 10.0. The smallest absolute Gasteiger partial charge is 0.329 e. The average Bonchev–Trinajstić information content (AvgIpc) is 2.64. The molecule has 0 spiro atoms. The van der Waals surface area contributed by atoms with Gasteiger partial charge in [0, 0.05) is 19.8 Å². The first-order valence-electron chi connectivity index (χ1n) is 8.10. The summed E-state index contributed by atoms with van der Waals surface area (Å²) in [7, 11) is 3.01. The Hall–Kier alpha value is -2.68. The number of nitrogens with zero attached hydrogens (tertiary/aromatic N) is 2. The minimum Gasteiger partial charge on any atom is -0.369 e. The van der Waals surface area contributed by atoms with Crippen molar-refractivity contribution in [3.8, 4) is 0 Å². The van der Waals surface area contributed by atoms with Gasteiger partial charge in [-0.2, -0.15) is 0 Å². The van der Waals surface area contributed by atoms with Crippen molar-refractivity contribution < 1.29 is 4.79 Å². The standard InChI is InChI=1S/C17H23N5O3S/c1-10(2)11-5-7-12(8-6-11)21(3)13(23)9-18-14-15(20-26)19-17(25)22(4)16(14)24/h5-8,10,18,20,26H,9H2,1-4H3,(H,19,25). The molecule has 0 saturated carbocycles. The summed E-state index contributed by atoms with van der Waals surface area (Å²) in [5, 5.41) is 2.77. The van der Waals surface area contributed by atoms with Crippen LogP contribution < -0.4 is 26.2 Å². The highest BCUT2D eigenvalue weighted by Gasteiger charge is 2.15. The van der Waals surface area contributed by atoms with Crippen molar-refractivity contribution >= 4 is 35.9 Å². The largest absolute Gasteiger partial charge is 0.369 e. The van der Waals surface area contributed by atoms with Gasteiger partial charge in [-0.05, 0) is 23.6 Å². The van der Waals surface area contributed by atoms with Gasteiger partial charge in [0.1, 0.15) is 11.5 Å². The van der Waals surface area contributed by atoms with Gasteiger partial charge >= 0.3 is 5.69 Å². The molecule has 140 valence electrons. The van der Waals surface area contributed by atoms with Crippen LogP contribution in [0.25, 0.3) is 0 Å². The molecule has 8 nitrogen and oxygen atoms in total. The molecule has 2 aromatic rings. The van der Waals surface area contributed by atoms with Crippen LogP contribution in [0.3, 0.4) is 0 Å². The molecule has 0 aliphatic heterocycles. The molecule has 0 aliphatic carbocycles. The van der Waals surface area contributed by atoms with Gasteiger partial charge in [0.15, 0.2) is 0 Å². The number of carbonyl (C=O) groups is 1. The molecule has 0 fully saturated rings. The summed E-state index contributed by atoms with van der Waals surface area (Å²) < 4.78 is 3.36. The third-order valence-corrected chi connectivity index (χ3v) is 4.38. The van der Waals surface area contributed by atoms with E-state index in [0.717, 1.165) is 10.3 Å². The number of benzene rings is 1. The fourth-order valence-corrected chi connectivity index (χ4v) is 2.55. The summed E-state index contributed by atoms with van der Waals surface area (Å²) in [6.07, 6.45) is 0. The number of anilines is 3. The topological polar surface area (TPSA) is 99.2 Å². The van der Waals surface area contributed by atoms with Crippen LogP contribution in [0.4, 0.5) is 17.2 Å². The van der Waals surface area contributed by atoms with Crippen molar-refractivity contribution in [2.75, 3.05) is 28.5 Å². The molecule has 1 amide bonds. The number of carbonyl (C=O) groups excluding carboxylic acids is 1. The Labute approximate surface area is 156 Å². The number of hydrogen-bond donors (Lipinski definition) is 4. The molecule has 0 bridgehead atoms.